The van der Waals surface area contributed by atoms with Gasteiger partial charge in [-0.3, -0.25) is 9.59 Å². The first kappa shape index (κ1) is 23.9. The number of nitrogens with one attached hydrogen (secondary N) is 2. The van der Waals surface area contributed by atoms with Gasteiger partial charge in [0.15, 0.2) is 5.78 Å². The van der Waals surface area contributed by atoms with Gasteiger partial charge in [0.1, 0.15) is 5.75 Å². The molecule has 2 N–H and O–H groups in total. The Morgan fingerprint density at radius 2 is 1.91 bits per heavy atom. The smallest absolute Gasteiger partial charge is 0.416 e. The van der Waals surface area contributed by atoms with Gasteiger partial charge in [-0.05, 0) is 44.0 Å². The minimum atomic E-state index is -4.60. The van der Waals surface area contributed by atoms with Crippen molar-refractivity contribution in [1.29, 1.82) is 0 Å². The number of ether oxygens (including phenoxy) is 1. The number of halogens is 4. The van der Waals surface area contributed by atoms with E-state index in [1.54, 1.807) is 31.2 Å². The summed E-state index contributed by atoms with van der Waals surface area (Å²) in [5.74, 6) is -0.994. The van der Waals surface area contributed by atoms with E-state index in [0.29, 0.717) is 41.8 Å². The van der Waals surface area contributed by atoms with Crippen LogP contribution in [0.4, 0.5) is 18.9 Å². The van der Waals surface area contributed by atoms with Gasteiger partial charge in [0.25, 0.3) is 5.91 Å². The van der Waals surface area contributed by atoms with Crippen molar-refractivity contribution >= 4 is 29.0 Å². The fourth-order valence-electron chi connectivity index (χ4n) is 4.49. The first-order valence-electron chi connectivity index (χ1n) is 10.7. The average Bonchev–Trinajstić information content (AvgIpc) is 2.79. The number of dihydropyridines is 1. The largest absolute Gasteiger partial charge is 0.496 e. The predicted molar refractivity (Wildman–Crippen MR) is 123 cm³/mol. The molecular weight excluding hydrogens is 469 g/mol. The number of hydrogen-bond donors (Lipinski definition) is 2. The van der Waals surface area contributed by atoms with Gasteiger partial charge >= 0.3 is 6.18 Å². The number of allylic oxidation sites excluding steroid dienone is 3. The molecule has 2 aromatic rings. The van der Waals surface area contributed by atoms with Crippen LogP contribution in [0.3, 0.4) is 0 Å². The predicted octanol–water partition coefficient (Wildman–Crippen LogP) is 5.97. The SMILES string of the molecule is COc1ccccc1[C@@H]1C(C(=O)Nc2cc(C(F)(F)F)ccc2Cl)=C(C)NC2=C1C(=O)CCC2. The molecule has 34 heavy (non-hydrogen) atoms. The van der Waals surface area contributed by atoms with Crippen molar-refractivity contribution in [2.45, 2.75) is 38.3 Å². The molecule has 9 heteroatoms. The van der Waals surface area contributed by atoms with Crippen LogP contribution in [0.25, 0.3) is 0 Å². The van der Waals surface area contributed by atoms with Crippen molar-refractivity contribution in [3.05, 3.63) is 81.2 Å². The third kappa shape index (κ3) is 4.42. The van der Waals surface area contributed by atoms with E-state index in [4.69, 9.17) is 16.3 Å². The molecule has 1 amide bonds. The molecule has 0 saturated carbocycles. The van der Waals surface area contributed by atoms with Crippen LogP contribution in [0, 0.1) is 0 Å². The quantitative estimate of drug-likeness (QED) is 0.553. The molecule has 5 nitrogen and oxygen atoms in total. The Morgan fingerprint density at radius 3 is 2.62 bits per heavy atom. The van der Waals surface area contributed by atoms with E-state index in [2.05, 4.69) is 10.6 Å². The lowest BCUT2D eigenvalue weighted by Crippen LogP contribution is -2.35. The third-order valence-corrected chi connectivity index (χ3v) is 6.34. The van der Waals surface area contributed by atoms with E-state index in [1.165, 1.54) is 7.11 Å². The van der Waals surface area contributed by atoms with E-state index in [1.807, 2.05) is 0 Å². The third-order valence-electron chi connectivity index (χ3n) is 6.01. The van der Waals surface area contributed by atoms with E-state index in [0.717, 1.165) is 23.9 Å². The number of alkyl halides is 3. The number of amides is 1. The number of methoxy groups -OCH3 is 1. The summed E-state index contributed by atoms with van der Waals surface area (Å²) in [6.45, 7) is 1.70. The summed E-state index contributed by atoms with van der Waals surface area (Å²) in [6, 6.07) is 9.80. The molecule has 0 bridgehead atoms. The summed E-state index contributed by atoms with van der Waals surface area (Å²) in [4.78, 5) is 26.5. The lowest BCUT2D eigenvalue weighted by Gasteiger charge is -2.35. The van der Waals surface area contributed by atoms with Crippen LogP contribution in [-0.4, -0.2) is 18.8 Å². The molecule has 178 valence electrons. The second kappa shape index (κ2) is 9.18. The van der Waals surface area contributed by atoms with Gasteiger partial charge in [0.05, 0.1) is 29.3 Å². The van der Waals surface area contributed by atoms with Crippen molar-refractivity contribution in [1.82, 2.24) is 5.32 Å². The van der Waals surface area contributed by atoms with Crippen molar-refractivity contribution < 1.29 is 27.5 Å². The summed E-state index contributed by atoms with van der Waals surface area (Å²) in [6.07, 6.45) is -2.91. The van der Waals surface area contributed by atoms with Crippen molar-refractivity contribution in [2.24, 2.45) is 0 Å². The highest BCUT2D eigenvalue weighted by atomic mass is 35.5. The standard InChI is InChI=1S/C25H22ClF3N2O3/c1-13-21(24(33)31-18-12-14(25(27,28)29)10-11-16(18)26)22(15-6-3-4-9-20(15)34-2)23-17(30-13)7-5-8-19(23)32/h3-4,6,9-12,22,30H,5,7-8H2,1-2H3,(H,31,33)/t22-/m1/s1. The topological polar surface area (TPSA) is 67.4 Å². The maximum absolute atomic E-state index is 13.5. The number of anilines is 1. The average molecular weight is 491 g/mol. The molecule has 2 aliphatic rings. The number of carbonyl (C=O) groups is 2. The Balaban J connectivity index is 1.81. The maximum Gasteiger partial charge on any atom is 0.416 e. The van der Waals surface area contributed by atoms with Crippen LogP contribution in [-0.2, 0) is 15.8 Å². The van der Waals surface area contributed by atoms with Crippen LogP contribution < -0.4 is 15.4 Å². The zero-order chi connectivity index (χ0) is 24.6. The van der Waals surface area contributed by atoms with Crippen LogP contribution in [0.2, 0.25) is 5.02 Å². The molecule has 1 heterocycles. The van der Waals surface area contributed by atoms with Crippen LogP contribution in [0.15, 0.2) is 65.0 Å². The van der Waals surface area contributed by atoms with Crippen molar-refractivity contribution in [2.75, 3.05) is 12.4 Å². The van der Waals surface area contributed by atoms with Crippen LogP contribution in [0.5, 0.6) is 5.75 Å². The Bertz CT molecular complexity index is 1230. The Morgan fingerprint density at radius 1 is 1.18 bits per heavy atom. The lowest BCUT2D eigenvalue weighted by molar-refractivity contribution is -0.137. The van der Waals surface area contributed by atoms with Gasteiger partial charge < -0.3 is 15.4 Å². The fourth-order valence-corrected chi connectivity index (χ4v) is 4.65. The fraction of sp³-hybridized carbons (Fsp3) is 0.280. The van der Waals surface area contributed by atoms with E-state index in [9.17, 15) is 22.8 Å². The highest BCUT2D eigenvalue weighted by Crippen LogP contribution is 2.45. The minimum Gasteiger partial charge on any atom is -0.496 e. The number of para-hydroxylation sites is 1. The second-order valence-corrected chi connectivity index (χ2v) is 8.56. The van der Waals surface area contributed by atoms with Gasteiger partial charge in [-0.2, -0.15) is 13.2 Å². The summed E-state index contributed by atoms with van der Waals surface area (Å²) in [5, 5.41) is 5.67. The number of carbonyl (C=O) groups excluding carboxylic acids is 2. The highest BCUT2D eigenvalue weighted by Gasteiger charge is 2.40. The van der Waals surface area contributed by atoms with Crippen molar-refractivity contribution in [3.8, 4) is 5.75 Å². The summed E-state index contributed by atoms with van der Waals surface area (Å²) in [5.41, 5.74) is 1.45. The summed E-state index contributed by atoms with van der Waals surface area (Å²) < 4.78 is 45.2. The van der Waals surface area contributed by atoms with Crippen LogP contribution in [0.1, 0.15) is 43.2 Å². The molecular formula is C25H22ClF3N2O3. The molecule has 0 radical (unpaired) electrons. The number of ketones is 1. The lowest BCUT2D eigenvalue weighted by atomic mass is 9.74. The molecule has 0 unspecified atom stereocenters. The zero-order valence-electron chi connectivity index (χ0n) is 18.5. The minimum absolute atomic E-state index is 0.0362. The van der Waals surface area contributed by atoms with Gasteiger partial charge in [0.2, 0.25) is 0 Å². The Kier molecular flexibility index (Phi) is 6.45. The number of Topliss-reactive ketones (excluding diaryl/α,β-unsaturated/α-hetero) is 1. The molecule has 1 aliphatic heterocycles. The Hall–Kier alpha value is -3.26. The molecule has 1 atom stereocenters. The zero-order valence-corrected chi connectivity index (χ0v) is 19.2. The molecule has 0 saturated heterocycles. The molecule has 0 fully saturated rings. The Labute approximate surface area is 199 Å². The number of hydrogen-bond acceptors (Lipinski definition) is 4. The van der Waals surface area contributed by atoms with E-state index >= 15 is 0 Å². The number of rotatable bonds is 4. The molecule has 4 rings (SSSR count). The normalized spacial score (nSPS) is 18.4. The van der Waals surface area contributed by atoms with Gasteiger partial charge in [-0.1, -0.05) is 29.8 Å². The molecule has 1 aliphatic carbocycles. The highest BCUT2D eigenvalue weighted by molar-refractivity contribution is 6.34. The van der Waals surface area contributed by atoms with Crippen molar-refractivity contribution in [3.63, 3.8) is 0 Å². The van der Waals surface area contributed by atoms with E-state index in [-0.39, 0.29) is 22.1 Å². The van der Waals surface area contributed by atoms with E-state index < -0.39 is 23.6 Å². The molecule has 0 spiro atoms. The van der Waals surface area contributed by atoms with Gasteiger partial charge in [-0.15, -0.1) is 0 Å². The maximum atomic E-state index is 13.5. The number of benzene rings is 2. The first-order valence-corrected chi connectivity index (χ1v) is 11.0. The summed E-state index contributed by atoms with van der Waals surface area (Å²) >= 11 is 6.10. The second-order valence-electron chi connectivity index (χ2n) is 8.15. The molecule has 2 aromatic carbocycles. The van der Waals surface area contributed by atoms with Crippen LogP contribution >= 0.6 is 11.6 Å². The molecule has 0 aromatic heterocycles. The van der Waals surface area contributed by atoms with Gasteiger partial charge in [-0.25, -0.2) is 0 Å². The van der Waals surface area contributed by atoms with Gasteiger partial charge in [0, 0.05) is 34.5 Å². The first-order chi connectivity index (χ1) is 16.1. The monoisotopic (exact) mass is 490 g/mol. The summed E-state index contributed by atoms with van der Waals surface area (Å²) in [7, 11) is 1.50.